The standard InChI is InChI=1S/C4H4ClF5/c1-3(5,2(6)7)4(8,9)10/h2H,1H3. The topological polar surface area (TPSA) is 0 Å². The second-order valence-electron chi connectivity index (χ2n) is 1.87. The molecule has 0 heterocycles. The fourth-order valence-corrected chi connectivity index (χ4v) is 0.124. The molecule has 0 rings (SSSR count). The lowest BCUT2D eigenvalue weighted by atomic mass is 10.2. The first kappa shape index (κ1) is 9.94. The lowest BCUT2D eigenvalue weighted by Crippen LogP contribution is -2.43. The average molecular weight is 183 g/mol. The van der Waals surface area contributed by atoms with Gasteiger partial charge in [-0.15, -0.1) is 11.6 Å². The van der Waals surface area contributed by atoms with Crippen LogP contribution in [0.4, 0.5) is 22.0 Å². The summed E-state index contributed by atoms with van der Waals surface area (Å²) in [4.78, 5) is -3.42. The highest BCUT2D eigenvalue weighted by atomic mass is 35.5. The summed E-state index contributed by atoms with van der Waals surface area (Å²) < 4.78 is 57.3. The molecular formula is C4H4ClF5. The Labute approximate surface area is 59.0 Å². The van der Waals surface area contributed by atoms with E-state index in [0.717, 1.165) is 0 Å². The van der Waals surface area contributed by atoms with Gasteiger partial charge in [0.15, 0.2) is 4.87 Å². The first-order chi connectivity index (χ1) is 4.19. The molecule has 0 aromatic carbocycles. The van der Waals surface area contributed by atoms with Crippen LogP contribution in [0.25, 0.3) is 0 Å². The second-order valence-corrected chi connectivity index (χ2v) is 2.66. The molecule has 0 fully saturated rings. The Morgan fingerprint density at radius 2 is 1.50 bits per heavy atom. The van der Waals surface area contributed by atoms with E-state index in [9.17, 15) is 22.0 Å². The molecule has 0 aromatic rings. The molecule has 0 bridgehead atoms. The molecule has 0 radical (unpaired) electrons. The fourth-order valence-electron chi connectivity index (χ4n) is 0.124. The van der Waals surface area contributed by atoms with Gasteiger partial charge in [-0.3, -0.25) is 0 Å². The van der Waals surface area contributed by atoms with Gasteiger partial charge in [0.1, 0.15) is 0 Å². The highest BCUT2D eigenvalue weighted by molar-refractivity contribution is 6.24. The minimum Gasteiger partial charge on any atom is -0.208 e. The summed E-state index contributed by atoms with van der Waals surface area (Å²) in [5.41, 5.74) is 0. The summed E-state index contributed by atoms with van der Waals surface area (Å²) in [6.45, 7) is 0.235. The van der Waals surface area contributed by atoms with Crippen molar-refractivity contribution < 1.29 is 22.0 Å². The lowest BCUT2D eigenvalue weighted by Gasteiger charge is -2.23. The van der Waals surface area contributed by atoms with Crippen molar-refractivity contribution in [2.24, 2.45) is 0 Å². The Bertz CT molecular complexity index is 115. The van der Waals surface area contributed by atoms with Crippen LogP contribution in [0.2, 0.25) is 0 Å². The first-order valence-electron chi connectivity index (χ1n) is 2.23. The molecular weight excluding hydrogens is 178 g/mol. The molecule has 0 amide bonds. The molecule has 0 saturated carbocycles. The van der Waals surface area contributed by atoms with Gasteiger partial charge in [0.25, 0.3) is 6.43 Å². The van der Waals surface area contributed by atoms with Gasteiger partial charge in [0.2, 0.25) is 0 Å². The van der Waals surface area contributed by atoms with Crippen LogP contribution in [0.1, 0.15) is 6.92 Å². The summed E-state index contributed by atoms with van der Waals surface area (Å²) in [6, 6.07) is 0. The average Bonchev–Trinajstić information content (AvgIpc) is 1.62. The second kappa shape index (κ2) is 2.53. The van der Waals surface area contributed by atoms with E-state index in [1.807, 2.05) is 0 Å². The van der Waals surface area contributed by atoms with E-state index in [0.29, 0.717) is 0 Å². The van der Waals surface area contributed by atoms with E-state index in [2.05, 4.69) is 11.6 Å². The molecule has 62 valence electrons. The van der Waals surface area contributed by atoms with Gasteiger partial charge in [-0.25, -0.2) is 8.78 Å². The fraction of sp³-hybridized carbons (Fsp3) is 1.00. The van der Waals surface area contributed by atoms with Crippen molar-refractivity contribution >= 4 is 11.6 Å². The van der Waals surface area contributed by atoms with Crippen LogP contribution in [0, 0.1) is 0 Å². The summed E-state index contributed by atoms with van der Waals surface area (Å²) in [7, 11) is 0. The van der Waals surface area contributed by atoms with Gasteiger partial charge in [-0.1, -0.05) is 0 Å². The zero-order chi connectivity index (χ0) is 8.58. The third-order valence-corrected chi connectivity index (χ3v) is 1.34. The van der Waals surface area contributed by atoms with Crippen molar-refractivity contribution in [1.82, 2.24) is 0 Å². The maximum Gasteiger partial charge on any atom is 0.412 e. The zero-order valence-electron chi connectivity index (χ0n) is 4.85. The van der Waals surface area contributed by atoms with Crippen LogP contribution in [0.5, 0.6) is 0 Å². The van der Waals surface area contributed by atoms with Crippen LogP contribution in [0.3, 0.4) is 0 Å². The Kier molecular flexibility index (Phi) is 2.51. The third-order valence-electron chi connectivity index (χ3n) is 0.964. The molecule has 0 N–H and O–H groups in total. The van der Waals surface area contributed by atoms with Crippen molar-refractivity contribution in [1.29, 1.82) is 0 Å². The van der Waals surface area contributed by atoms with Gasteiger partial charge in [0.05, 0.1) is 0 Å². The van der Waals surface area contributed by atoms with E-state index in [1.54, 1.807) is 0 Å². The van der Waals surface area contributed by atoms with Crippen molar-refractivity contribution in [3.05, 3.63) is 0 Å². The Morgan fingerprint density at radius 1 is 1.20 bits per heavy atom. The number of rotatable bonds is 1. The van der Waals surface area contributed by atoms with E-state index in [1.165, 1.54) is 0 Å². The molecule has 0 aliphatic carbocycles. The quantitative estimate of drug-likeness (QED) is 0.432. The number of hydrogen-bond donors (Lipinski definition) is 0. The number of alkyl halides is 6. The predicted octanol–water partition coefficient (Wildman–Crippen LogP) is 2.81. The largest absolute Gasteiger partial charge is 0.412 e. The molecule has 0 aliphatic heterocycles. The normalized spacial score (nSPS) is 19.2. The number of halogens is 6. The predicted molar refractivity (Wildman–Crippen MR) is 26.3 cm³/mol. The van der Waals surface area contributed by atoms with Crippen LogP contribution < -0.4 is 0 Å². The summed E-state index contributed by atoms with van der Waals surface area (Å²) >= 11 is 4.47. The third kappa shape index (κ3) is 1.71. The molecule has 0 aliphatic rings. The van der Waals surface area contributed by atoms with Crippen LogP contribution in [-0.4, -0.2) is 17.5 Å². The smallest absolute Gasteiger partial charge is 0.208 e. The minimum absolute atomic E-state index is 0.235. The molecule has 0 spiro atoms. The van der Waals surface area contributed by atoms with E-state index < -0.39 is 17.5 Å². The highest BCUT2D eigenvalue weighted by Gasteiger charge is 2.56. The monoisotopic (exact) mass is 182 g/mol. The molecule has 0 aromatic heterocycles. The van der Waals surface area contributed by atoms with Crippen LogP contribution in [-0.2, 0) is 0 Å². The van der Waals surface area contributed by atoms with Gasteiger partial charge >= 0.3 is 6.18 Å². The Morgan fingerprint density at radius 3 is 1.50 bits per heavy atom. The maximum atomic E-state index is 11.5. The molecule has 6 heteroatoms. The minimum atomic E-state index is -5.07. The van der Waals surface area contributed by atoms with Crippen molar-refractivity contribution in [2.75, 3.05) is 0 Å². The zero-order valence-corrected chi connectivity index (χ0v) is 5.60. The van der Waals surface area contributed by atoms with Crippen LogP contribution >= 0.6 is 11.6 Å². The molecule has 1 unspecified atom stereocenters. The molecule has 1 atom stereocenters. The van der Waals surface area contributed by atoms with E-state index in [-0.39, 0.29) is 6.92 Å². The maximum absolute atomic E-state index is 11.5. The van der Waals surface area contributed by atoms with E-state index >= 15 is 0 Å². The summed E-state index contributed by atoms with van der Waals surface area (Å²) in [5.74, 6) is 0. The van der Waals surface area contributed by atoms with Gasteiger partial charge < -0.3 is 0 Å². The molecule has 0 saturated heterocycles. The molecule has 0 nitrogen and oxygen atoms in total. The van der Waals surface area contributed by atoms with Crippen molar-refractivity contribution in [3.8, 4) is 0 Å². The van der Waals surface area contributed by atoms with Crippen molar-refractivity contribution in [2.45, 2.75) is 24.4 Å². The molecule has 10 heavy (non-hydrogen) atoms. The van der Waals surface area contributed by atoms with Gasteiger partial charge in [0, 0.05) is 0 Å². The summed E-state index contributed by atoms with van der Waals surface area (Å²) in [6.07, 6.45) is -8.67. The van der Waals surface area contributed by atoms with Gasteiger partial charge in [-0.05, 0) is 6.92 Å². The highest BCUT2D eigenvalue weighted by Crippen LogP contribution is 2.40. The van der Waals surface area contributed by atoms with Crippen molar-refractivity contribution in [3.63, 3.8) is 0 Å². The van der Waals surface area contributed by atoms with Gasteiger partial charge in [-0.2, -0.15) is 13.2 Å². The van der Waals surface area contributed by atoms with E-state index in [4.69, 9.17) is 0 Å². The number of hydrogen-bond acceptors (Lipinski definition) is 0. The Balaban J connectivity index is 4.40. The first-order valence-corrected chi connectivity index (χ1v) is 2.61. The van der Waals surface area contributed by atoms with Crippen LogP contribution in [0.15, 0.2) is 0 Å². The lowest BCUT2D eigenvalue weighted by molar-refractivity contribution is -0.186. The SMILES string of the molecule is CC(Cl)(C(F)F)C(F)(F)F. The Hall–Kier alpha value is -0.0600. The summed E-state index contributed by atoms with van der Waals surface area (Å²) in [5, 5.41) is 0.